The maximum atomic E-state index is 9.28. The highest BCUT2D eigenvalue weighted by Gasteiger charge is 2.38. The minimum absolute atomic E-state index is 0.0600. The summed E-state index contributed by atoms with van der Waals surface area (Å²) >= 11 is 29.5. The van der Waals surface area contributed by atoms with Crippen molar-refractivity contribution in [3.63, 3.8) is 0 Å². The lowest BCUT2D eigenvalue weighted by Crippen LogP contribution is -2.29. The maximum absolute atomic E-state index is 9.28. The summed E-state index contributed by atoms with van der Waals surface area (Å²) in [4.78, 5) is 1.81. The van der Waals surface area contributed by atoms with E-state index in [0.717, 1.165) is 0 Å². The van der Waals surface area contributed by atoms with E-state index < -0.39 is 9.70 Å². The average Bonchev–Trinajstić information content (AvgIpc) is 2.28. The van der Waals surface area contributed by atoms with Gasteiger partial charge in [0.05, 0.1) is 0 Å². The molecule has 0 bridgehead atoms. The molecule has 0 saturated carbocycles. The summed E-state index contributed by atoms with van der Waals surface area (Å²) in [5.41, 5.74) is 0.0239. The molecule has 0 saturated heterocycles. The van der Waals surface area contributed by atoms with E-state index in [1.807, 2.05) is 24.8 Å². The minimum atomic E-state index is -3.02. The first kappa shape index (κ1) is 17.4. The zero-order valence-electron chi connectivity index (χ0n) is 10.0. The van der Waals surface area contributed by atoms with Gasteiger partial charge >= 0.3 is 0 Å². The van der Waals surface area contributed by atoms with Gasteiger partial charge in [0.15, 0.2) is 5.82 Å². The maximum Gasteiger partial charge on any atom is 0.255 e. The number of allylic oxidation sites excluding steroid dienone is 1. The average molecular weight is 382 g/mol. The van der Waals surface area contributed by atoms with Crippen LogP contribution in [0, 0.1) is 11.3 Å². The predicted octanol–water partition coefficient (Wildman–Crippen LogP) is 5.31. The first-order valence-electron chi connectivity index (χ1n) is 5.25. The lowest BCUT2D eigenvalue weighted by molar-refractivity contribution is 0.378. The van der Waals surface area contributed by atoms with E-state index in [9.17, 15) is 5.26 Å². The molecule has 4 nitrogen and oxygen atoms in total. The number of hydrogen-bond donors (Lipinski definition) is 0. The highest BCUT2D eigenvalue weighted by molar-refractivity contribution is 8.09. The number of alkyl halides is 3. The summed E-state index contributed by atoms with van der Waals surface area (Å²) in [5, 5.41) is 9.28. The predicted molar refractivity (Wildman–Crippen MR) is 84.3 cm³/mol. The number of rotatable bonds is 3. The van der Waals surface area contributed by atoms with Crippen molar-refractivity contribution in [1.29, 1.82) is 5.26 Å². The van der Waals surface area contributed by atoms with Crippen LogP contribution in [0.25, 0.3) is 0 Å². The number of nitrogens with zero attached hydrogens (tertiary/aromatic N) is 4. The molecule has 19 heavy (non-hydrogen) atoms. The number of nitriles is 1. The normalized spacial score (nSPS) is 18.5. The lowest BCUT2D eigenvalue weighted by atomic mass is 10.2. The lowest BCUT2D eigenvalue weighted by Gasteiger charge is -2.28. The zero-order valence-corrected chi connectivity index (χ0v) is 14.7. The zero-order chi connectivity index (χ0) is 14.8. The van der Waals surface area contributed by atoms with Gasteiger partial charge in [0.25, 0.3) is 5.91 Å². The van der Waals surface area contributed by atoms with Crippen LogP contribution < -0.4 is 0 Å². The molecule has 1 aliphatic rings. The van der Waals surface area contributed by atoms with Crippen LogP contribution in [0.5, 0.6) is 0 Å². The van der Waals surface area contributed by atoms with E-state index in [-0.39, 0.29) is 11.3 Å². The topological polar surface area (TPSA) is 51.8 Å². The van der Waals surface area contributed by atoms with Gasteiger partial charge in [-0.25, -0.2) is 4.76 Å². The third-order valence-electron chi connectivity index (χ3n) is 2.34. The minimum Gasteiger partial charge on any atom is -0.356 e. The third-order valence-corrected chi connectivity index (χ3v) is 4.65. The second-order valence-corrected chi connectivity index (χ2v) is 10.4. The monoisotopic (exact) mass is 380 g/mol. The van der Waals surface area contributed by atoms with Crippen molar-refractivity contribution in [2.75, 3.05) is 13.1 Å². The molecule has 0 atom stereocenters. The molecule has 0 aromatic carbocycles. The number of hydrogen-bond acceptors (Lipinski definition) is 4. The highest BCUT2D eigenvalue weighted by atomic mass is 35.9. The molecule has 0 N–H and O–H groups in total. The number of halogens is 5. The Bertz CT molecular complexity index is 518. The van der Waals surface area contributed by atoms with Gasteiger partial charge in [-0.2, -0.15) is 10.0 Å². The van der Waals surface area contributed by atoms with Crippen LogP contribution in [-0.2, 0) is 0 Å². The van der Waals surface area contributed by atoms with Gasteiger partial charge in [0.2, 0.25) is 3.79 Å². The second kappa shape index (κ2) is 6.43. The molecule has 106 valence electrons. The fourth-order valence-corrected chi connectivity index (χ4v) is 3.97. The van der Waals surface area contributed by atoms with Gasteiger partial charge in [-0.05, 0) is 36.3 Å². The third kappa shape index (κ3) is 4.17. The quantitative estimate of drug-likeness (QED) is 0.490. The van der Waals surface area contributed by atoms with E-state index in [2.05, 4.69) is 9.51 Å². The molecular formula is C9H10Cl5N4P. The molecule has 10 heteroatoms. The second-order valence-electron chi connectivity index (χ2n) is 3.48. The van der Waals surface area contributed by atoms with Gasteiger partial charge in [-0.1, -0.05) is 34.8 Å². The summed E-state index contributed by atoms with van der Waals surface area (Å²) in [6.45, 7) is 5.04. The van der Waals surface area contributed by atoms with Crippen LogP contribution in [0.3, 0.4) is 0 Å². The van der Waals surface area contributed by atoms with Crippen molar-refractivity contribution in [3.8, 4) is 6.07 Å². The Labute approximate surface area is 136 Å². The summed E-state index contributed by atoms with van der Waals surface area (Å²) in [6, 6.07) is 1.96. The van der Waals surface area contributed by atoms with Crippen LogP contribution in [0.4, 0.5) is 0 Å². The fourth-order valence-electron chi connectivity index (χ4n) is 1.51. The first-order chi connectivity index (χ1) is 8.66. The molecule has 0 aliphatic carbocycles. The van der Waals surface area contributed by atoms with Crippen molar-refractivity contribution in [2.24, 2.45) is 9.51 Å². The van der Waals surface area contributed by atoms with Crippen LogP contribution >= 0.6 is 63.2 Å². The molecular weight excluding hydrogens is 372 g/mol. The van der Waals surface area contributed by atoms with E-state index >= 15 is 0 Å². The van der Waals surface area contributed by atoms with Gasteiger partial charge in [0.1, 0.15) is 17.4 Å². The van der Waals surface area contributed by atoms with Crippen molar-refractivity contribution in [1.82, 2.24) is 4.90 Å². The van der Waals surface area contributed by atoms with Gasteiger partial charge < -0.3 is 4.90 Å². The largest absolute Gasteiger partial charge is 0.356 e. The molecule has 1 aliphatic heterocycles. The van der Waals surface area contributed by atoms with Crippen LogP contribution in [-0.4, -0.2) is 27.5 Å². The Morgan fingerprint density at radius 1 is 1.26 bits per heavy atom. The van der Waals surface area contributed by atoms with Gasteiger partial charge in [0, 0.05) is 13.1 Å². The van der Waals surface area contributed by atoms with Gasteiger partial charge in [-0.3, -0.25) is 0 Å². The van der Waals surface area contributed by atoms with Crippen molar-refractivity contribution < 1.29 is 0 Å². The van der Waals surface area contributed by atoms with E-state index in [1.165, 1.54) is 0 Å². The summed E-state index contributed by atoms with van der Waals surface area (Å²) < 4.78 is 6.18. The van der Waals surface area contributed by atoms with Crippen LogP contribution in [0.15, 0.2) is 20.9 Å². The molecule has 0 fully saturated rings. The van der Waals surface area contributed by atoms with Gasteiger partial charge in [-0.15, -0.1) is 0 Å². The summed E-state index contributed by atoms with van der Waals surface area (Å²) in [5.74, 6) is -2.70. The van der Waals surface area contributed by atoms with Crippen molar-refractivity contribution >= 4 is 68.9 Å². The molecule has 0 radical (unpaired) electrons. The standard InChI is InChI=1S/C9H10Cl5N4P/c1-3-18(4-2)8-6(5-15)7(9(10,11)12)16-19(13,14)17-8/h3-4H2,1-2H3. The Morgan fingerprint density at radius 2 is 1.79 bits per heavy atom. The van der Waals surface area contributed by atoms with Crippen LogP contribution in [0.1, 0.15) is 13.8 Å². The smallest absolute Gasteiger partial charge is 0.255 e. The van der Waals surface area contributed by atoms with Crippen molar-refractivity contribution in [3.05, 3.63) is 11.4 Å². The molecule has 0 amide bonds. The Morgan fingerprint density at radius 3 is 2.16 bits per heavy atom. The molecule has 0 aromatic rings. The van der Waals surface area contributed by atoms with E-state index in [0.29, 0.717) is 18.9 Å². The molecule has 0 unspecified atom stereocenters. The molecule has 1 rings (SSSR count). The highest BCUT2D eigenvalue weighted by Crippen LogP contribution is 2.65. The first-order valence-corrected chi connectivity index (χ1v) is 9.88. The van der Waals surface area contributed by atoms with Crippen molar-refractivity contribution in [2.45, 2.75) is 17.6 Å². The Balaban J connectivity index is 3.57. The summed E-state index contributed by atoms with van der Waals surface area (Å²) in [6.07, 6.45) is 0. The Kier molecular flexibility index (Phi) is 5.90. The molecule has 0 spiro atoms. The fraction of sp³-hybridized carbons (Fsp3) is 0.556. The van der Waals surface area contributed by atoms with E-state index in [4.69, 9.17) is 57.3 Å². The SMILES string of the molecule is CCN(CC)C1=C(C#N)C(C(Cl)(Cl)Cl)=NP(Cl)(Cl)=N1. The summed E-state index contributed by atoms with van der Waals surface area (Å²) in [7, 11) is 0. The Hall–Kier alpha value is 0.380. The van der Waals surface area contributed by atoms with Crippen LogP contribution in [0.2, 0.25) is 0 Å². The molecule has 1 heterocycles. The molecule has 0 aromatic heterocycles. The van der Waals surface area contributed by atoms with E-state index in [1.54, 1.807) is 0 Å².